The molecule has 4 heterocycles. The summed E-state index contributed by atoms with van der Waals surface area (Å²) in [7, 11) is 0. The zero-order chi connectivity index (χ0) is 21.6. The van der Waals surface area contributed by atoms with E-state index in [1.54, 1.807) is 49.1 Å². The third-order valence-electron chi connectivity index (χ3n) is 4.27. The molecule has 2 amide bonds. The Kier molecular flexibility index (Phi) is 5.70. The number of carbonyl (C=O) groups is 2. The minimum absolute atomic E-state index is 0.222. The molecule has 0 saturated carbocycles. The maximum atomic E-state index is 11.9. The molecule has 0 bridgehead atoms. The molecule has 0 saturated heterocycles. The maximum Gasteiger partial charge on any atom is 0.320 e. The summed E-state index contributed by atoms with van der Waals surface area (Å²) >= 11 is 0. The summed E-state index contributed by atoms with van der Waals surface area (Å²) in [4.78, 5) is 35.5. The van der Waals surface area contributed by atoms with E-state index in [0.717, 1.165) is 5.56 Å². The van der Waals surface area contributed by atoms with Crippen molar-refractivity contribution in [3.8, 4) is 34.0 Å². The second-order valence-corrected chi connectivity index (χ2v) is 6.37. The number of aromatic nitrogens is 5. The van der Waals surface area contributed by atoms with Crippen LogP contribution in [0.3, 0.4) is 0 Å². The molecule has 0 aliphatic carbocycles. The summed E-state index contributed by atoms with van der Waals surface area (Å²) in [6.07, 6.45) is 8.58. The molecule has 0 aliphatic heterocycles. The molecule has 154 valence electrons. The van der Waals surface area contributed by atoms with Gasteiger partial charge >= 0.3 is 6.03 Å². The molecule has 31 heavy (non-hydrogen) atoms. The zero-order valence-corrected chi connectivity index (χ0v) is 16.4. The summed E-state index contributed by atoms with van der Waals surface area (Å²) in [5, 5.41) is 13.6. The van der Waals surface area contributed by atoms with Crippen LogP contribution < -0.4 is 10.6 Å². The van der Waals surface area contributed by atoms with Gasteiger partial charge in [0, 0.05) is 59.8 Å². The molecule has 0 unspecified atom stereocenters. The van der Waals surface area contributed by atoms with Gasteiger partial charge in [-0.15, -0.1) is 10.2 Å². The number of amides is 2. The number of hydrogen-bond acceptors (Lipinski definition) is 8. The monoisotopic (exact) mass is 415 g/mol. The number of carbonyl (C=O) groups excluding carboxylic acids is 2. The first kappa shape index (κ1) is 19.8. The van der Waals surface area contributed by atoms with Crippen LogP contribution in [0.25, 0.3) is 34.0 Å². The largest absolute Gasteiger partial charge is 0.416 e. The minimum atomic E-state index is -0.388. The van der Waals surface area contributed by atoms with Gasteiger partial charge < -0.3 is 9.73 Å². The Balaban J connectivity index is 1.80. The van der Waals surface area contributed by atoms with E-state index in [4.69, 9.17) is 4.42 Å². The van der Waals surface area contributed by atoms with Crippen LogP contribution in [0.5, 0.6) is 0 Å². The fourth-order valence-corrected chi connectivity index (χ4v) is 2.86. The molecule has 4 aromatic heterocycles. The average molecular weight is 415 g/mol. The lowest BCUT2D eigenvalue weighted by molar-refractivity contribution is 0.112. The fraction of sp³-hybridized carbons (Fsp3) is 0.0952. The molecule has 2 N–H and O–H groups in total. The Morgan fingerprint density at radius 1 is 1.00 bits per heavy atom. The lowest BCUT2D eigenvalue weighted by Gasteiger charge is -2.10. The van der Waals surface area contributed by atoms with Crippen LogP contribution in [-0.2, 0) is 0 Å². The van der Waals surface area contributed by atoms with Crippen LogP contribution in [0.15, 0.2) is 59.7 Å². The van der Waals surface area contributed by atoms with Crippen LogP contribution >= 0.6 is 0 Å². The number of aldehydes is 1. The topological polar surface area (TPSA) is 136 Å². The van der Waals surface area contributed by atoms with Crippen LogP contribution in [0.2, 0.25) is 0 Å². The van der Waals surface area contributed by atoms with E-state index in [1.807, 2.05) is 6.92 Å². The highest BCUT2D eigenvalue weighted by Gasteiger charge is 2.18. The van der Waals surface area contributed by atoms with Gasteiger partial charge in [-0.1, -0.05) is 0 Å². The number of anilines is 1. The molecular formula is C21H17N7O3. The van der Waals surface area contributed by atoms with Crippen LogP contribution in [-0.4, -0.2) is 44.0 Å². The van der Waals surface area contributed by atoms with Crippen molar-refractivity contribution >= 4 is 18.1 Å². The van der Waals surface area contributed by atoms with E-state index in [9.17, 15) is 9.59 Å². The van der Waals surface area contributed by atoms with Crippen molar-refractivity contribution in [3.05, 3.63) is 60.8 Å². The number of pyridine rings is 3. The van der Waals surface area contributed by atoms with Crippen molar-refractivity contribution in [1.82, 2.24) is 30.5 Å². The Morgan fingerprint density at radius 3 is 2.58 bits per heavy atom. The molecule has 0 atom stereocenters. The third kappa shape index (κ3) is 4.42. The number of rotatable bonds is 6. The number of hydrogen-bond donors (Lipinski definition) is 2. The summed E-state index contributed by atoms with van der Waals surface area (Å²) in [5.74, 6) is 0.839. The minimum Gasteiger partial charge on any atom is -0.416 e. The van der Waals surface area contributed by atoms with E-state index in [1.165, 1.54) is 6.20 Å². The molecule has 0 aromatic carbocycles. The predicted octanol–water partition coefficient (Wildman–Crippen LogP) is 3.21. The summed E-state index contributed by atoms with van der Waals surface area (Å²) in [6, 6.07) is 6.43. The first-order valence-corrected chi connectivity index (χ1v) is 9.37. The van der Waals surface area contributed by atoms with E-state index in [2.05, 4.69) is 35.8 Å². The Hall–Kier alpha value is -4.47. The first-order chi connectivity index (χ1) is 15.2. The zero-order valence-electron chi connectivity index (χ0n) is 16.4. The average Bonchev–Trinajstić information content (AvgIpc) is 3.30. The maximum absolute atomic E-state index is 11.9. The molecule has 0 aliphatic rings. The van der Waals surface area contributed by atoms with Crippen molar-refractivity contribution in [2.75, 3.05) is 11.9 Å². The quantitative estimate of drug-likeness (QED) is 0.458. The fourth-order valence-electron chi connectivity index (χ4n) is 2.86. The highest BCUT2D eigenvalue weighted by Crippen LogP contribution is 2.33. The highest BCUT2D eigenvalue weighted by atomic mass is 16.4. The molecule has 10 heteroatoms. The van der Waals surface area contributed by atoms with Gasteiger partial charge in [-0.2, -0.15) is 0 Å². The van der Waals surface area contributed by atoms with Gasteiger partial charge in [0.15, 0.2) is 6.29 Å². The van der Waals surface area contributed by atoms with Crippen molar-refractivity contribution in [3.63, 3.8) is 0 Å². The number of urea groups is 1. The molecule has 4 aromatic rings. The molecular weight excluding hydrogens is 398 g/mol. The summed E-state index contributed by atoms with van der Waals surface area (Å²) in [6.45, 7) is 2.29. The Labute approximate surface area is 176 Å². The van der Waals surface area contributed by atoms with Crippen molar-refractivity contribution in [1.29, 1.82) is 0 Å². The van der Waals surface area contributed by atoms with Gasteiger partial charge in [-0.05, 0) is 31.2 Å². The van der Waals surface area contributed by atoms with Crippen molar-refractivity contribution < 1.29 is 14.0 Å². The van der Waals surface area contributed by atoms with E-state index in [0.29, 0.717) is 46.8 Å². The second-order valence-electron chi connectivity index (χ2n) is 6.37. The SMILES string of the molecule is CCNC(=O)Nc1cc(-c2nnc(-c3ccncc3)o2)c(-c2cncc(C=O)c2)cn1. The Morgan fingerprint density at radius 2 is 1.81 bits per heavy atom. The highest BCUT2D eigenvalue weighted by molar-refractivity contribution is 5.90. The standard InChI is InChI=1S/C21H17N7O3/c1-2-24-21(30)26-18-8-16(17(11-25-18)15-7-13(12-29)9-23-10-15)20-28-27-19(31-20)14-3-5-22-6-4-14/h3-12H,2H2,1H3,(H2,24,25,26,30). The van der Waals surface area contributed by atoms with E-state index < -0.39 is 0 Å². The van der Waals surface area contributed by atoms with E-state index in [-0.39, 0.29) is 11.9 Å². The molecule has 0 radical (unpaired) electrons. The third-order valence-corrected chi connectivity index (χ3v) is 4.27. The lowest BCUT2D eigenvalue weighted by Crippen LogP contribution is -2.28. The van der Waals surface area contributed by atoms with Gasteiger partial charge in [-0.25, -0.2) is 9.78 Å². The van der Waals surface area contributed by atoms with Gasteiger partial charge in [0.25, 0.3) is 0 Å². The molecule has 0 spiro atoms. The first-order valence-electron chi connectivity index (χ1n) is 9.37. The van der Waals surface area contributed by atoms with Gasteiger partial charge in [0.1, 0.15) is 5.82 Å². The van der Waals surface area contributed by atoms with Gasteiger partial charge in [0.05, 0.1) is 5.56 Å². The van der Waals surface area contributed by atoms with Crippen LogP contribution in [0, 0.1) is 0 Å². The van der Waals surface area contributed by atoms with E-state index >= 15 is 0 Å². The second kappa shape index (κ2) is 8.91. The molecule has 4 rings (SSSR count). The van der Waals surface area contributed by atoms with Crippen molar-refractivity contribution in [2.45, 2.75) is 6.92 Å². The predicted molar refractivity (Wildman–Crippen MR) is 112 cm³/mol. The van der Waals surface area contributed by atoms with Gasteiger partial charge in [-0.3, -0.25) is 20.1 Å². The smallest absolute Gasteiger partial charge is 0.320 e. The summed E-state index contributed by atoms with van der Waals surface area (Å²) in [5.41, 5.74) is 2.91. The summed E-state index contributed by atoms with van der Waals surface area (Å²) < 4.78 is 5.89. The number of nitrogens with one attached hydrogen (secondary N) is 2. The number of nitrogens with zero attached hydrogens (tertiary/aromatic N) is 5. The lowest BCUT2D eigenvalue weighted by atomic mass is 10.0. The molecule has 10 nitrogen and oxygen atoms in total. The normalized spacial score (nSPS) is 10.5. The van der Waals surface area contributed by atoms with Crippen LogP contribution in [0.4, 0.5) is 10.6 Å². The Bertz CT molecular complexity index is 1220. The van der Waals surface area contributed by atoms with Gasteiger partial charge in [0.2, 0.25) is 11.8 Å². The van der Waals surface area contributed by atoms with Crippen LogP contribution in [0.1, 0.15) is 17.3 Å². The molecule has 0 fully saturated rings. The van der Waals surface area contributed by atoms with Crippen molar-refractivity contribution in [2.24, 2.45) is 0 Å².